The minimum absolute atomic E-state index is 0. The number of hydrogen-bond acceptors (Lipinski definition) is 11. The molecule has 6 heterocycles. The van der Waals surface area contributed by atoms with Gasteiger partial charge in [-0.3, -0.25) is 9.78 Å². The topological polar surface area (TPSA) is 139 Å². The normalized spacial score (nSPS) is 13.3. The van der Waals surface area contributed by atoms with Crippen LogP contribution in [0.2, 0.25) is 0 Å². The summed E-state index contributed by atoms with van der Waals surface area (Å²) in [5.41, 5.74) is 3.68. The van der Waals surface area contributed by atoms with Crippen molar-refractivity contribution in [2.24, 2.45) is 0 Å². The molecule has 1 saturated heterocycles. The van der Waals surface area contributed by atoms with Crippen LogP contribution < -0.4 is 10.2 Å². The molecule has 194 valence electrons. The molecule has 0 aromatic carbocycles. The molecule has 1 aliphatic rings. The Morgan fingerprint density at radius 3 is 2.63 bits per heavy atom. The summed E-state index contributed by atoms with van der Waals surface area (Å²) in [5, 5.41) is 13.7. The van der Waals surface area contributed by atoms with Crippen LogP contribution >= 0.6 is 23.7 Å². The maximum atomic E-state index is 13.2. The van der Waals surface area contributed by atoms with Gasteiger partial charge in [0.1, 0.15) is 6.26 Å². The highest BCUT2D eigenvalue weighted by Crippen LogP contribution is 2.36. The van der Waals surface area contributed by atoms with Crippen LogP contribution in [0.1, 0.15) is 16.2 Å². The number of nitrogens with one attached hydrogen (secondary N) is 1. The molecule has 13 heteroatoms. The molecule has 2 N–H and O–H groups in total. The zero-order valence-electron chi connectivity index (χ0n) is 20.1. The second kappa shape index (κ2) is 10.7. The molecule has 1 fully saturated rings. The third-order valence-electron chi connectivity index (χ3n) is 5.80. The fraction of sp³-hybridized carbons (Fsp3) is 0.200. The molecule has 5 aromatic heterocycles. The Bertz CT molecular complexity index is 1620. The number of carbonyl (C=O) groups is 1. The van der Waals surface area contributed by atoms with Crippen molar-refractivity contribution in [3.63, 3.8) is 0 Å². The van der Waals surface area contributed by atoms with Crippen LogP contribution in [-0.2, 0) is 4.74 Å². The van der Waals surface area contributed by atoms with Crippen molar-refractivity contribution < 1.29 is 19.1 Å². The Kier molecular flexibility index (Phi) is 7.18. The van der Waals surface area contributed by atoms with Crippen LogP contribution in [0.3, 0.4) is 0 Å². The first-order valence-corrected chi connectivity index (χ1v) is 12.3. The number of anilines is 2. The maximum absolute atomic E-state index is 13.2. The molecule has 5 aromatic rings. The minimum atomic E-state index is -0.459. The Morgan fingerprint density at radius 2 is 1.84 bits per heavy atom. The van der Waals surface area contributed by atoms with Crippen LogP contribution in [0, 0.1) is 6.92 Å². The zero-order valence-corrected chi connectivity index (χ0v) is 21.8. The molecule has 0 saturated carbocycles. The Balaban J connectivity index is 0.00000294. The number of halogens is 1. The molecular weight excluding hydrogens is 530 g/mol. The van der Waals surface area contributed by atoms with E-state index in [4.69, 9.17) is 19.1 Å². The number of amides is 1. The SMILES string of the molecule is Cc1cc(-c2nc(C(=O)Nc3cc4sc(N5CCOCC5)nc4nc3-c3ccnc(O)c3)co2)ccn1.Cl. The van der Waals surface area contributed by atoms with E-state index in [0.29, 0.717) is 41.7 Å². The summed E-state index contributed by atoms with van der Waals surface area (Å²) in [6, 6.07) is 8.62. The number of oxazole rings is 1. The number of aromatic nitrogens is 5. The van der Waals surface area contributed by atoms with Gasteiger partial charge in [-0.15, -0.1) is 12.4 Å². The summed E-state index contributed by atoms with van der Waals surface area (Å²) >= 11 is 1.49. The number of morpholine rings is 1. The Labute approximate surface area is 227 Å². The summed E-state index contributed by atoms with van der Waals surface area (Å²) in [7, 11) is 0. The third kappa shape index (κ3) is 5.14. The van der Waals surface area contributed by atoms with E-state index in [1.807, 2.05) is 19.1 Å². The minimum Gasteiger partial charge on any atom is -0.493 e. The van der Waals surface area contributed by atoms with Gasteiger partial charge in [-0.2, -0.15) is 4.98 Å². The number of aryl methyl sites for hydroxylation is 1. The molecule has 38 heavy (non-hydrogen) atoms. The second-order valence-electron chi connectivity index (χ2n) is 8.38. The molecule has 1 aliphatic heterocycles. The standard InChI is InChI=1S/C25H21N7O4S.ClH/c1-14-10-16(3-4-26-14)24-29-18(13-36-24)23(34)28-17-12-19-22(30-21(17)15-2-5-27-20(33)11-15)31-25(37-19)32-6-8-35-9-7-32;/h2-5,10-13H,6-9H2,1H3,(H,27,33)(H,28,34);1H. The number of hydrogen-bond donors (Lipinski definition) is 2. The van der Waals surface area contributed by atoms with Gasteiger partial charge in [0.15, 0.2) is 16.5 Å². The smallest absolute Gasteiger partial charge is 0.277 e. The average Bonchev–Trinajstić information content (AvgIpc) is 3.56. The molecule has 11 nitrogen and oxygen atoms in total. The first kappa shape index (κ1) is 25.5. The predicted molar refractivity (Wildman–Crippen MR) is 145 cm³/mol. The number of fused-ring (bicyclic) bond motifs is 1. The van der Waals surface area contributed by atoms with Crippen molar-refractivity contribution >= 4 is 50.8 Å². The lowest BCUT2D eigenvalue weighted by Crippen LogP contribution is -2.36. The lowest BCUT2D eigenvalue weighted by atomic mass is 10.1. The lowest BCUT2D eigenvalue weighted by molar-refractivity contribution is 0.102. The first-order valence-electron chi connectivity index (χ1n) is 11.5. The molecule has 0 bridgehead atoms. The molecule has 0 radical (unpaired) electrons. The molecule has 0 atom stereocenters. The predicted octanol–water partition coefficient (Wildman–Crippen LogP) is 4.33. The second-order valence-corrected chi connectivity index (χ2v) is 9.39. The van der Waals surface area contributed by atoms with Crippen molar-refractivity contribution in [1.82, 2.24) is 24.9 Å². The van der Waals surface area contributed by atoms with Gasteiger partial charge in [-0.25, -0.2) is 15.0 Å². The van der Waals surface area contributed by atoms with Gasteiger partial charge in [0.05, 0.1) is 29.3 Å². The number of aromatic hydroxyl groups is 1. The van der Waals surface area contributed by atoms with E-state index in [0.717, 1.165) is 34.2 Å². The van der Waals surface area contributed by atoms with Crippen molar-refractivity contribution in [3.8, 4) is 28.6 Å². The first-order chi connectivity index (χ1) is 18.0. The van der Waals surface area contributed by atoms with Gasteiger partial charge in [0.2, 0.25) is 11.8 Å². The van der Waals surface area contributed by atoms with Crippen LogP contribution in [0.25, 0.3) is 33.1 Å². The average molecular weight is 552 g/mol. The summed E-state index contributed by atoms with van der Waals surface area (Å²) < 4.78 is 11.8. The Hall–Kier alpha value is -4.13. The highest BCUT2D eigenvalue weighted by atomic mass is 35.5. The van der Waals surface area contributed by atoms with E-state index < -0.39 is 5.91 Å². The molecule has 6 rings (SSSR count). The molecule has 0 aliphatic carbocycles. The largest absolute Gasteiger partial charge is 0.493 e. The Morgan fingerprint density at radius 1 is 1.05 bits per heavy atom. The number of rotatable bonds is 5. The molecule has 0 unspecified atom stereocenters. The van der Waals surface area contributed by atoms with Crippen LogP contribution in [0.15, 0.2) is 53.4 Å². The molecular formula is C25H22ClN7O4S. The monoisotopic (exact) mass is 551 g/mol. The number of pyridine rings is 3. The van der Waals surface area contributed by atoms with Crippen molar-refractivity contribution in [2.45, 2.75) is 6.92 Å². The number of carbonyl (C=O) groups excluding carboxylic acids is 1. The van der Waals surface area contributed by atoms with Crippen LogP contribution in [0.5, 0.6) is 5.88 Å². The van der Waals surface area contributed by atoms with E-state index in [1.54, 1.807) is 18.3 Å². The van der Waals surface area contributed by atoms with E-state index in [9.17, 15) is 9.90 Å². The van der Waals surface area contributed by atoms with E-state index in [1.165, 1.54) is 29.9 Å². The summed E-state index contributed by atoms with van der Waals surface area (Å²) in [4.78, 5) is 37.2. The fourth-order valence-electron chi connectivity index (χ4n) is 4.00. The number of nitrogens with zero attached hydrogens (tertiary/aromatic N) is 6. The molecule has 0 spiro atoms. The van der Waals surface area contributed by atoms with Crippen molar-refractivity contribution in [2.75, 3.05) is 36.5 Å². The number of thiazole rings is 1. The van der Waals surface area contributed by atoms with Crippen LogP contribution in [0.4, 0.5) is 10.8 Å². The van der Waals surface area contributed by atoms with Gasteiger partial charge < -0.3 is 24.5 Å². The van der Waals surface area contributed by atoms with E-state index >= 15 is 0 Å². The lowest BCUT2D eigenvalue weighted by Gasteiger charge is -2.25. The highest BCUT2D eigenvalue weighted by Gasteiger charge is 2.21. The van der Waals surface area contributed by atoms with E-state index in [2.05, 4.69) is 25.2 Å². The highest BCUT2D eigenvalue weighted by molar-refractivity contribution is 7.22. The van der Waals surface area contributed by atoms with Crippen molar-refractivity contribution in [3.05, 3.63) is 60.4 Å². The fourth-order valence-corrected chi connectivity index (χ4v) is 5.00. The van der Waals surface area contributed by atoms with Crippen LogP contribution in [-0.4, -0.2) is 62.2 Å². The van der Waals surface area contributed by atoms with Gasteiger partial charge in [-0.05, 0) is 31.2 Å². The maximum Gasteiger partial charge on any atom is 0.277 e. The van der Waals surface area contributed by atoms with Gasteiger partial charge in [-0.1, -0.05) is 11.3 Å². The van der Waals surface area contributed by atoms with Gasteiger partial charge in [0, 0.05) is 48.4 Å². The quantitative estimate of drug-likeness (QED) is 0.324. The van der Waals surface area contributed by atoms with Crippen molar-refractivity contribution in [1.29, 1.82) is 0 Å². The van der Waals surface area contributed by atoms with Gasteiger partial charge >= 0.3 is 0 Å². The van der Waals surface area contributed by atoms with E-state index in [-0.39, 0.29) is 24.0 Å². The zero-order chi connectivity index (χ0) is 25.4. The summed E-state index contributed by atoms with van der Waals surface area (Å²) in [6.45, 7) is 4.65. The molecule has 1 amide bonds. The number of ether oxygens (including phenoxy) is 1. The summed E-state index contributed by atoms with van der Waals surface area (Å²) in [5.74, 6) is -0.293. The van der Waals surface area contributed by atoms with Gasteiger partial charge in [0.25, 0.3) is 5.91 Å². The third-order valence-corrected chi connectivity index (χ3v) is 6.85. The summed E-state index contributed by atoms with van der Waals surface area (Å²) in [6.07, 6.45) is 4.45.